The Labute approximate surface area is 117 Å². The third-order valence-electron chi connectivity index (χ3n) is 3.64. The van der Waals surface area contributed by atoms with Gasteiger partial charge in [0.25, 0.3) is 0 Å². The molecule has 0 heterocycles. The summed E-state index contributed by atoms with van der Waals surface area (Å²) < 4.78 is 32.7. The van der Waals surface area contributed by atoms with Gasteiger partial charge in [0.05, 0.1) is 5.92 Å². The Balaban J connectivity index is 2.27. The van der Waals surface area contributed by atoms with Crippen LogP contribution in [0.5, 0.6) is 0 Å². The quantitative estimate of drug-likeness (QED) is 0.832. The van der Waals surface area contributed by atoms with Gasteiger partial charge in [-0.05, 0) is 66.4 Å². The minimum absolute atomic E-state index is 0.227. The monoisotopic (exact) mass is 265 g/mol. The average molecular weight is 266 g/mol. The number of hydrogen-bond donors (Lipinski definition) is 1. The highest BCUT2D eigenvalue weighted by Gasteiger charge is 2.33. The second-order valence-electron chi connectivity index (χ2n) is 4.80. The highest BCUT2D eigenvalue weighted by molar-refractivity contribution is 6.31. The van der Waals surface area contributed by atoms with Gasteiger partial charge in [0, 0.05) is 10.5 Å². The largest absolute Gasteiger partial charge is 0.369 e. The molecule has 1 unspecified atom stereocenters. The molecule has 2 aliphatic carbocycles. The van der Waals surface area contributed by atoms with Crippen LogP contribution in [0.15, 0.2) is 17.7 Å². The SMILES string of the molecule is [2H]C1([2H])CC(C(N)=O)C2=C(c3cc(Cl)c(C)cc3C2)C1([2H])[2H]. The number of halogens is 1. The van der Waals surface area contributed by atoms with E-state index in [9.17, 15) is 4.79 Å². The molecule has 3 rings (SSSR count). The van der Waals surface area contributed by atoms with E-state index in [1.165, 1.54) is 0 Å². The predicted octanol–water partition coefficient (Wildman–Crippen LogP) is 3.24. The van der Waals surface area contributed by atoms with E-state index in [2.05, 4.69) is 0 Å². The van der Waals surface area contributed by atoms with Crippen molar-refractivity contribution in [2.24, 2.45) is 11.7 Å². The molecule has 0 aromatic heterocycles. The summed E-state index contributed by atoms with van der Waals surface area (Å²) in [6.07, 6.45) is -4.15. The first-order valence-electron chi connectivity index (χ1n) is 7.88. The first-order valence-corrected chi connectivity index (χ1v) is 6.26. The van der Waals surface area contributed by atoms with Crippen molar-refractivity contribution in [3.8, 4) is 0 Å². The maximum absolute atomic E-state index is 11.8. The fraction of sp³-hybridized carbons (Fsp3) is 0.400. The Bertz CT molecular complexity index is 726. The lowest BCUT2D eigenvalue weighted by Crippen LogP contribution is -2.27. The number of carbonyl (C=O) groups is 1. The second kappa shape index (κ2) is 4.13. The highest BCUT2D eigenvalue weighted by Crippen LogP contribution is 2.45. The van der Waals surface area contributed by atoms with Gasteiger partial charge in [-0.2, -0.15) is 0 Å². The minimum Gasteiger partial charge on any atom is -0.369 e. The molecule has 2 nitrogen and oxygen atoms in total. The lowest BCUT2D eigenvalue weighted by atomic mass is 9.82. The number of carbonyl (C=O) groups excluding carboxylic acids is 1. The molecule has 0 radical (unpaired) electrons. The van der Waals surface area contributed by atoms with Crippen LogP contribution in [-0.2, 0) is 11.2 Å². The van der Waals surface area contributed by atoms with Crippen molar-refractivity contribution in [2.45, 2.75) is 32.5 Å². The van der Waals surface area contributed by atoms with Crippen molar-refractivity contribution in [1.82, 2.24) is 0 Å². The lowest BCUT2D eigenvalue weighted by molar-refractivity contribution is -0.121. The first-order chi connectivity index (χ1) is 10.1. The van der Waals surface area contributed by atoms with Crippen molar-refractivity contribution in [2.75, 3.05) is 0 Å². The Morgan fingerprint density at radius 1 is 1.56 bits per heavy atom. The van der Waals surface area contributed by atoms with Crippen molar-refractivity contribution in [3.05, 3.63) is 39.4 Å². The molecular formula is C15H16ClNO. The topological polar surface area (TPSA) is 43.1 Å². The van der Waals surface area contributed by atoms with Gasteiger partial charge >= 0.3 is 0 Å². The molecular weight excluding hydrogens is 246 g/mol. The second-order valence-corrected chi connectivity index (χ2v) is 5.20. The zero-order valence-corrected chi connectivity index (χ0v) is 10.8. The number of nitrogens with two attached hydrogens (primary N) is 1. The molecule has 0 saturated carbocycles. The van der Waals surface area contributed by atoms with Crippen LogP contribution < -0.4 is 5.73 Å². The molecule has 0 bridgehead atoms. The van der Waals surface area contributed by atoms with E-state index >= 15 is 0 Å². The summed E-state index contributed by atoms with van der Waals surface area (Å²) in [5.41, 5.74) is 8.65. The summed E-state index contributed by atoms with van der Waals surface area (Å²) in [6, 6.07) is 3.55. The summed E-state index contributed by atoms with van der Waals surface area (Å²) in [6.45, 7) is 1.86. The van der Waals surface area contributed by atoms with Crippen molar-refractivity contribution >= 4 is 23.1 Å². The number of aryl methyl sites for hydroxylation is 1. The molecule has 94 valence electrons. The van der Waals surface area contributed by atoms with Gasteiger partial charge in [-0.15, -0.1) is 0 Å². The molecule has 1 amide bonds. The molecule has 1 atom stereocenters. The van der Waals surface area contributed by atoms with Crippen LogP contribution in [0.25, 0.3) is 5.57 Å². The van der Waals surface area contributed by atoms with Gasteiger partial charge in [-0.3, -0.25) is 4.79 Å². The molecule has 3 heteroatoms. The number of primary amides is 1. The van der Waals surface area contributed by atoms with Gasteiger partial charge in [0.15, 0.2) is 0 Å². The van der Waals surface area contributed by atoms with Gasteiger partial charge < -0.3 is 5.73 Å². The van der Waals surface area contributed by atoms with Gasteiger partial charge in [0.2, 0.25) is 5.91 Å². The smallest absolute Gasteiger partial charge is 0.224 e. The van der Waals surface area contributed by atoms with Gasteiger partial charge in [-0.25, -0.2) is 0 Å². The Morgan fingerprint density at radius 3 is 3.06 bits per heavy atom. The van der Waals surface area contributed by atoms with Crippen LogP contribution in [0.3, 0.4) is 0 Å². The lowest BCUT2D eigenvalue weighted by Gasteiger charge is -2.22. The first kappa shape index (κ1) is 8.00. The summed E-state index contributed by atoms with van der Waals surface area (Å²) in [4.78, 5) is 11.8. The van der Waals surface area contributed by atoms with Gasteiger partial charge in [0.1, 0.15) is 0 Å². The fourth-order valence-electron chi connectivity index (χ4n) is 2.67. The third-order valence-corrected chi connectivity index (χ3v) is 4.05. The summed E-state index contributed by atoms with van der Waals surface area (Å²) in [5, 5.41) is 0.505. The fourth-order valence-corrected chi connectivity index (χ4v) is 2.83. The maximum Gasteiger partial charge on any atom is 0.224 e. The van der Waals surface area contributed by atoms with E-state index in [4.69, 9.17) is 22.8 Å². The number of rotatable bonds is 1. The zero-order valence-electron chi connectivity index (χ0n) is 14.0. The Morgan fingerprint density at radius 2 is 2.33 bits per heavy atom. The molecule has 0 fully saturated rings. The van der Waals surface area contributed by atoms with Crippen LogP contribution in [0.4, 0.5) is 0 Å². The minimum atomic E-state index is -2.18. The number of benzene rings is 1. The third kappa shape index (κ3) is 1.67. The predicted molar refractivity (Wildman–Crippen MR) is 73.3 cm³/mol. The normalized spacial score (nSPS) is 30.7. The maximum atomic E-state index is 11.8. The van der Waals surface area contributed by atoms with Crippen LogP contribution >= 0.6 is 11.6 Å². The van der Waals surface area contributed by atoms with E-state index in [0.717, 1.165) is 11.1 Å². The van der Waals surface area contributed by atoms with Gasteiger partial charge in [-0.1, -0.05) is 17.7 Å². The standard InChI is InChI=1S/C15H16ClNO/c1-8-5-9-6-13-10(12(9)7-14(8)16)3-2-4-11(13)15(17)18/h5,7,11H,2-4,6H2,1H3,(H2,17,18)/i2D2,3D2. The zero-order chi connectivity index (χ0) is 16.4. The molecule has 2 aliphatic rings. The van der Waals surface area contributed by atoms with Crippen LogP contribution in [0, 0.1) is 12.8 Å². The van der Waals surface area contributed by atoms with Crippen molar-refractivity contribution in [1.29, 1.82) is 0 Å². The molecule has 0 spiro atoms. The van der Waals surface area contributed by atoms with Crippen LogP contribution in [0.2, 0.25) is 5.02 Å². The Kier molecular flexibility index (Phi) is 1.84. The van der Waals surface area contributed by atoms with E-state index in [-0.39, 0.29) is 12.0 Å². The van der Waals surface area contributed by atoms with Crippen LogP contribution in [-0.4, -0.2) is 5.91 Å². The number of allylic oxidation sites excluding steroid dienone is 1. The van der Waals surface area contributed by atoms with E-state index in [1.54, 1.807) is 6.07 Å². The molecule has 1 aromatic carbocycles. The van der Waals surface area contributed by atoms with E-state index in [0.29, 0.717) is 22.6 Å². The molecule has 0 aliphatic heterocycles. The molecule has 1 aromatic rings. The molecule has 0 saturated heterocycles. The summed E-state index contributed by atoms with van der Waals surface area (Å²) >= 11 is 6.16. The summed E-state index contributed by atoms with van der Waals surface area (Å²) in [7, 11) is 0. The van der Waals surface area contributed by atoms with E-state index in [1.807, 2.05) is 13.0 Å². The molecule has 18 heavy (non-hydrogen) atoms. The van der Waals surface area contributed by atoms with Crippen LogP contribution in [0.1, 0.15) is 41.3 Å². The van der Waals surface area contributed by atoms with E-state index < -0.39 is 24.6 Å². The summed E-state index contributed by atoms with van der Waals surface area (Å²) in [5.74, 6) is -1.39. The number of fused-ring (bicyclic) bond motifs is 2. The molecule has 2 N–H and O–H groups in total. The number of hydrogen-bond acceptors (Lipinski definition) is 1. The Hall–Kier alpha value is -1.28. The van der Waals surface area contributed by atoms with Crippen molar-refractivity contribution < 1.29 is 10.3 Å². The van der Waals surface area contributed by atoms with Crippen molar-refractivity contribution in [3.63, 3.8) is 0 Å². The highest BCUT2D eigenvalue weighted by atomic mass is 35.5. The average Bonchev–Trinajstić information content (AvgIpc) is 2.73. The number of amides is 1.